The first kappa shape index (κ1) is 20.5. The van der Waals surface area contributed by atoms with Gasteiger partial charge in [-0.25, -0.2) is 0 Å². The van der Waals surface area contributed by atoms with Gasteiger partial charge in [0.1, 0.15) is 18.1 Å². The molecule has 2 aromatic rings. The van der Waals surface area contributed by atoms with Crippen LogP contribution in [0.5, 0.6) is 5.75 Å². The largest absolute Gasteiger partial charge is 0.485 e. The van der Waals surface area contributed by atoms with Crippen LogP contribution in [0.25, 0.3) is 0 Å². The second kappa shape index (κ2) is 9.28. The number of hydrogen-bond acceptors (Lipinski definition) is 4. The Labute approximate surface area is 168 Å². The van der Waals surface area contributed by atoms with Crippen molar-refractivity contribution in [3.8, 4) is 5.75 Å². The molecule has 1 heterocycles. The summed E-state index contributed by atoms with van der Waals surface area (Å²) in [5.74, 6) is 2.22. The quantitative estimate of drug-likeness (QED) is 0.772. The topological polar surface area (TPSA) is 54.7 Å². The van der Waals surface area contributed by atoms with Crippen LogP contribution in [0.3, 0.4) is 0 Å². The number of carbonyl (C=O) groups excluding carboxylic acids is 1. The summed E-state index contributed by atoms with van der Waals surface area (Å²) in [7, 11) is 4.17. The molecule has 0 aliphatic heterocycles. The Kier molecular flexibility index (Phi) is 6.79. The van der Waals surface area contributed by atoms with Crippen LogP contribution in [-0.2, 0) is 6.61 Å². The van der Waals surface area contributed by atoms with Gasteiger partial charge in [-0.3, -0.25) is 4.79 Å². The van der Waals surface area contributed by atoms with Gasteiger partial charge in [0.15, 0.2) is 5.76 Å². The van der Waals surface area contributed by atoms with Crippen LogP contribution < -0.4 is 10.1 Å². The molecule has 0 radical (unpaired) electrons. The second-order valence-electron chi connectivity index (χ2n) is 8.21. The number of benzene rings is 1. The van der Waals surface area contributed by atoms with Crippen LogP contribution in [0, 0.1) is 19.8 Å². The number of carbonyl (C=O) groups is 1. The SMILES string of the molecule is Cc1ccc(C)c(OCc2ccc(C(=O)NC3CCCCC3CN(C)C)o2)c1. The fraction of sp³-hybridized carbons (Fsp3) is 0.522. The zero-order valence-electron chi connectivity index (χ0n) is 17.5. The third kappa shape index (κ3) is 5.38. The van der Waals surface area contributed by atoms with Crippen molar-refractivity contribution in [3.05, 3.63) is 53.0 Å². The zero-order valence-corrected chi connectivity index (χ0v) is 17.5. The highest BCUT2D eigenvalue weighted by molar-refractivity contribution is 5.91. The van der Waals surface area contributed by atoms with E-state index in [0.29, 0.717) is 24.0 Å². The van der Waals surface area contributed by atoms with Crippen molar-refractivity contribution in [2.75, 3.05) is 20.6 Å². The summed E-state index contributed by atoms with van der Waals surface area (Å²) in [6, 6.07) is 9.88. The maximum atomic E-state index is 12.7. The third-order valence-electron chi connectivity index (χ3n) is 5.42. The van der Waals surface area contributed by atoms with E-state index in [2.05, 4.69) is 30.4 Å². The van der Waals surface area contributed by atoms with Gasteiger partial charge in [0.05, 0.1) is 0 Å². The van der Waals surface area contributed by atoms with E-state index >= 15 is 0 Å². The highest BCUT2D eigenvalue weighted by atomic mass is 16.5. The van der Waals surface area contributed by atoms with Gasteiger partial charge in [0, 0.05) is 12.6 Å². The molecule has 0 bridgehead atoms. The number of ether oxygens (including phenoxy) is 1. The van der Waals surface area contributed by atoms with Crippen LogP contribution in [0.15, 0.2) is 34.7 Å². The summed E-state index contributed by atoms with van der Waals surface area (Å²) < 4.78 is 11.6. The number of furan rings is 1. The van der Waals surface area contributed by atoms with Crippen molar-refractivity contribution < 1.29 is 13.9 Å². The molecule has 0 saturated heterocycles. The molecular formula is C23H32N2O3. The number of rotatable bonds is 7. The monoisotopic (exact) mass is 384 g/mol. The van der Waals surface area contributed by atoms with E-state index in [0.717, 1.165) is 36.3 Å². The first-order valence-corrected chi connectivity index (χ1v) is 10.2. The summed E-state index contributed by atoms with van der Waals surface area (Å²) in [5.41, 5.74) is 2.24. The van der Waals surface area contributed by atoms with E-state index < -0.39 is 0 Å². The Balaban J connectivity index is 1.58. The maximum Gasteiger partial charge on any atom is 0.287 e. The van der Waals surface area contributed by atoms with Crippen LogP contribution in [0.4, 0.5) is 0 Å². The number of hydrogen-bond donors (Lipinski definition) is 1. The van der Waals surface area contributed by atoms with Gasteiger partial charge in [0.25, 0.3) is 5.91 Å². The summed E-state index contributed by atoms with van der Waals surface area (Å²) >= 11 is 0. The van der Waals surface area contributed by atoms with E-state index in [1.807, 2.05) is 32.0 Å². The van der Waals surface area contributed by atoms with Gasteiger partial charge >= 0.3 is 0 Å². The number of amides is 1. The summed E-state index contributed by atoms with van der Waals surface area (Å²) in [4.78, 5) is 14.9. The molecule has 2 atom stereocenters. The van der Waals surface area contributed by atoms with Gasteiger partial charge < -0.3 is 19.4 Å². The van der Waals surface area contributed by atoms with Gasteiger partial charge in [-0.05, 0) is 76.0 Å². The third-order valence-corrected chi connectivity index (χ3v) is 5.42. The Morgan fingerprint density at radius 3 is 2.75 bits per heavy atom. The van der Waals surface area contributed by atoms with Crippen LogP contribution >= 0.6 is 0 Å². The molecule has 1 fully saturated rings. The van der Waals surface area contributed by atoms with Crippen LogP contribution in [0.1, 0.15) is 53.1 Å². The molecule has 2 unspecified atom stereocenters. The Morgan fingerprint density at radius 2 is 1.96 bits per heavy atom. The Morgan fingerprint density at radius 1 is 1.18 bits per heavy atom. The molecule has 1 aromatic carbocycles. The fourth-order valence-electron chi connectivity index (χ4n) is 3.91. The highest BCUT2D eigenvalue weighted by Gasteiger charge is 2.28. The molecule has 1 aromatic heterocycles. The highest BCUT2D eigenvalue weighted by Crippen LogP contribution is 2.26. The maximum absolute atomic E-state index is 12.7. The number of nitrogens with one attached hydrogen (secondary N) is 1. The lowest BCUT2D eigenvalue weighted by atomic mass is 9.84. The van der Waals surface area contributed by atoms with E-state index in [-0.39, 0.29) is 11.9 Å². The van der Waals surface area contributed by atoms with E-state index in [1.165, 1.54) is 12.8 Å². The van der Waals surface area contributed by atoms with Crippen molar-refractivity contribution in [3.63, 3.8) is 0 Å². The lowest BCUT2D eigenvalue weighted by Crippen LogP contribution is -2.45. The van der Waals surface area contributed by atoms with Crippen LogP contribution in [0.2, 0.25) is 0 Å². The molecule has 1 saturated carbocycles. The van der Waals surface area contributed by atoms with Crippen molar-refractivity contribution in [2.24, 2.45) is 5.92 Å². The lowest BCUT2D eigenvalue weighted by Gasteiger charge is -2.33. The molecule has 5 heteroatoms. The number of nitrogens with zero attached hydrogens (tertiary/aromatic N) is 1. The van der Waals surface area contributed by atoms with E-state index in [4.69, 9.17) is 9.15 Å². The normalized spacial score (nSPS) is 19.6. The molecular weight excluding hydrogens is 352 g/mol. The van der Waals surface area contributed by atoms with E-state index in [1.54, 1.807) is 6.07 Å². The molecule has 3 rings (SSSR count). The molecule has 0 spiro atoms. The summed E-state index contributed by atoms with van der Waals surface area (Å²) in [6.45, 7) is 5.36. The van der Waals surface area contributed by atoms with Crippen molar-refractivity contribution >= 4 is 5.91 Å². The molecule has 1 aliphatic rings. The van der Waals surface area contributed by atoms with Crippen LogP contribution in [-0.4, -0.2) is 37.5 Å². The summed E-state index contributed by atoms with van der Waals surface area (Å²) in [6.07, 6.45) is 4.61. The average molecular weight is 385 g/mol. The van der Waals surface area contributed by atoms with Crippen molar-refractivity contribution in [1.82, 2.24) is 10.2 Å². The molecule has 152 valence electrons. The van der Waals surface area contributed by atoms with Gasteiger partial charge in [-0.2, -0.15) is 0 Å². The second-order valence-corrected chi connectivity index (χ2v) is 8.21. The molecule has 1 N–H and O–H groups in total. The first-order chi connectivity index (χ1) is 13.4. The number of aryl methyl sites for hydroxylation is 2. The van der Waals surface area contributed by atoms with Crippen molar-refractivity contribution in [1.29, 1.82) is 0 Å². The van der Waals surface area contributed by atoms with Gasteiger partial charge in [-0.15, -0.1) is 0 Å². The van der Waals surface area contributed by atoms with E-state index in [9.17, 15) is 4.79 Å². The summed E-state index contributed by atoms with van der Waals surface area (Å²) in [5, 5.41) is 3.19. The molecule has 28 heavy (non-hydrogen) atoms. The minimum Gasteiger partial charge on any atom is -0.485 e. The zero-order chi connectivity index (χ0) is 20.1. The standard InChI is InChI=1S/C23H32N2O3/c1-16-9-10-17(2)22(13-16)27-15-19-11-12-21(28-19)23(26)24-20-8-6-5-7-18(20)14-25(3)4/h9-13,18,20H,5-8,14-15H2,1-4H3,(H,24,26). The Hall–Kier alpha value is -2.27. The predicted octanol–water partition coefficient (Wildman–Crippen LogP) is 4.33. The molecule has 1 aliphatic carbocycles. The smallest absolute Gasteiger partial charge is 0.287 e. The van der Waals surface area contributed by atoms with Gasteiger partial charge in [0.2, 0.25) is 0 Å². The van der Waals surface area contributed by atoms with Gasteiger partial charge in [-0.1, -0.05) is 25.0 Å². The minimum absolute atomic E-state index is 0.131. The predicted molar refractivity (Wildman–Crippen MR) is 111 cm³/mol. The first-order valence-electron chi connectivity index (χ1n) is 10.2. The molecule has 1 amide bonds. The minimum atomic E-state index is -0.131. The fourth-order valence-corrected chi connectivity index (χ4v) is 3.91. The van der Waals surface area contributed by atoms with Crippen molar-refractivity contribution in [2.45, 2.75) is 52.2 Å². The molecule has 5 nitrogen and oxygen atoms in total. The Bertz CT molecular complexity index is 797. The lowest BCUT2D eigenvalue weighted by molar-refractivity contribution is 0.0863. The average Bonchev–Trinajstić information content (AvgIpc) is 3.13.